The molecule has 0 unspecified atom stereocenters. The van der Waals surface area contributed by atoms with Crippen LogP contribution >= 0.6 is 0 Å². The number of hydrogen-bond acceptors (Lipinski definition) is 2. The minimum absolute atomic E-state index is 0.333. The predicted molar refractivity (Wildman–Crippen MR) is 58.2 cm³/mol. The molecule has 1 aromatic carbocycles. The lowest BCUT2D eigenvalue weighted by Gasteiger charge is -2.15. The Morgan fingerprint density at radius 1 is 1.27 bits per heavy atom. The van der Waals surface area contributed by atoms with Crippen LogP contribution in [0.3, 0.4) is 0 Å². The van der Waals surface area contributed by atoms with Crippen LogP contribution in [0.4, 0.5) is 0 Å². The Bertz CT molecular complexity index is 392. The Morgan fingerprint density at radius 2 is 2.13 bits per heavy atom. The van der Waals surface area contributed by atoms with Gasteiger partial charge < -0.3 is 9.47 Å². The Balaban J connectivity index is 1.80. The summed E-state index contributed by atoms with van der Waals surface area (Å²) in [6, 6.07) is 6.31. The van der Waals surface area contributed by atoms with Gasteiger partial charge >= 0.3 is 0 Å². The van der Waals surface area contributed by atoms with Crippen LogP contribution in [0.5, 0.6) is 5.75 Å². The molecule has 0 bridgehead atoms. The normalized spacial score (nSPS) is 22.3. The summed E-state index contributed by atoms with van der Waals surface area (Å²) < 4.78 is 10.9. The van der Waals surface area contributed by atoms with Gasteiger partial charge in [0.05, 0.1) is 6.61 Å². The lowest BCUT2D eigenvalue weighted by atomic mass is 9.96. The highest BCUT2D eigenvalue weighted by Crippen LogP contribution is 2.27. The van der Waals surface area contributed by atoms with Gasteiger partial charge in [0.1, 0.15) is 18.5 Å². The Morgan fingerprint density at radius 3 is 3.00 bits per heavy atom. The number of allylic oxidation sites excluding steroid dienone is 2. The maximum atomic E-state index is 5.77. The fourth-order valence-corrected chi connectivity index (χ4v) is 1.93. The third-order valence-corrected chi connectivity index (χ3v) is 2.88. The summed E-state index contributed by atoms with van der Waals surface area (Å²) in [6.07, 6.45) is 6.79. The van der Waals surface area contributed by atoms with E-state index in [9.17, 15) is 0 Å². The molecular formula is C13H14O2. The molecule has 1 aliphatic carbocycles. The van der Waals surface area contributed by atoms with Crippen LogP contribution in [0, 0.1) is 0 Å². The molecule has 0 radical (unpaired) electrons. The van der Waals surface area contributed by atoms with Gasteiger partial charge in [0.2, 0.25) is 0 Å². The molecule has 0 saturated carbocycles. The minimum atomic E-state index is 0.333. The van der Waals surface area contributed by atoms with Crippen LogP contribution in [-0.4, -0.2) is 19.3 Å². The first-order valence-corrected chi connectivity index (χ1v) is 5.43. The van der Waals surface area contributed by atoms with Crippen molar-refractivity contribution in [2.45, 2.75) is 18.9 Å². The topological polar surface area (TPSA) is 21.8 Å². The van der Waals surface area contributed by atoms with Gasteiger partial charge in [0.15, 0.2) is 0 Å². The molecule has 0 amide bonds. The first-order valence-electron chi connectivity index (χ1n) is 5.43. The molecule has 1 fully saturated rings. The van der Waals surface area contributed by atoms with Crippen molar-refractivity contribution in [1.82, 2.24) is 0 Å². The molecule has 1 aliphatic heterocycles. The molecular weight excluding hydrogens is 188 g/mol. The van der Waals surface area contributed by atoms with Crippen LogP contribution < -0.4 is 4.74 Å². The molecule has 0 N–H and O–H groups in total. The zero-order valence-electron chi connectivity index (χ0n) is 8.61. The molecule has 78 valence electrons. The predicted octanol–water partition coefficient (Wildman–Crippen LogP) is 2.12. The molecule has 1 heterocycles. The van der Waals surface area contributed by atoms with Crippen molar-refractivity contribution < 1.29 is 9.47 Å². The molecule has 15 heavy (non-hydrogen) atoms. The van der Waals surface area contributed by atoms with Crippen molar-refractivity contribution in [2.75, 3.05) is 13.2 Å². The van der Waals surface area contributed by atoms with Gasteiger partial charge in [-0.15, -0.1) is 0 Å². The van der Waals surface area contributed by atoms with Crippen LogP contribution in [0.2, 0.25) is 0 Å². The van der Waals surface area contributed by atoms with Gasteiger partial charge in [-0.3, -0.25) is 0 Å². The second kappa shape index (κ2) is 3.70. The third kappa shape index (κ3) is 1.90. The standard InChI is InChI=1S/C13H14O2/c1-2-6-12-10(4-1)5-3-7-13(12)15-9-11-8-14-11/h1-3,5,7,11H,4,6,8-9H2/t11-/m1/s1. The van der Waals surface area contributed by atoms with E-state index in [2.05, 4.69) is 30.4 Å². The quantitative estimate of drug-likeness (QED) is 0.553. The summed E-state index contributed by atoms with van der Waals surface area (Å²) in [5, 5.41) is 0. The summed E-state index contributed by atoms with van der Waals surface area (Å²) in [5.74, 6) is 1.03. The second-order valence-electron chi connectivity index (χ2n) is 4.04. The van der Waals surface area contributed by atoms with E-state index in [1.807, 2.05) is 0 Å². The smallest absolute Gasteiger partial charge is 0.123 e. The van der Waals surface area contributed by atoms with Crippen LogP contribution in [0.15, 0.2) is 30.4 Å². The lowest BCUT2D eigenvalue weighted by Crippen LogP contribution is -2.08. The monoisotopic (exact) mass is 202 g/mol. The summed E-state index contributed by atoms with van der Waals surface area (Å²) in [4.78, 5) is 0. The lowest BCUT2D eigenvalue weighted by molar-refractivity contribution is 0.261. The van der Waals surface area contributed by atoms with Gasteiger partial charge in [-0.1, -0.05) is 24.3 Å². The number of epoxide rings is 1. The van der Waals surface area contributed by atoms with E-state index < -0.39 is 0 Å². The minimum Gasteiger partial charge on any atom is -0.490 e. The maximum absolute atomic E-state index is 5.77. The summed E-state index contributed by atoms with van der Waals surface area (Å²) in [6.45, 7) is 1.55. The van der Waals surface area contributed by atoms with Crippen molar-refractivity contribution in [1.29, 1.82) is 0 Å². The SMILES string of the molecule is C1=CCc2c(cccc2OC[C@H]2CO2)C1. The number of benzene rings is 1. The van der Waals surface area contributed by atoms with Gasteiger partial charge in [-0.2, -0.15) is 0 Å². The van der Waals surface area contributed by atoms with Crippen molar-refractivity contribution in [3.8, 4) is 5.75 Å². The second-order valence-corrected chi connectivity index (χ2v) is 4.04. The van der Waals surface area contributed by atoms with Gasteiger partial charge in [-0.05, 0) is 24.5 Å². The molecule has 1 atom stereocenters. The first-order chi connectivity index (χ1) is 7.43. The number of ether oxygens (including phenoxy) is 2. The molecule has 3 rings (SSSR count). The molecule has 0 aromatic heterocycles. The van der Waals surface area contributed by atoms with Gasteiger partial charge in [-0.25, -0.2) is 0 Å². The van der Waals surface area contributed by atoms with E-state index in [1.54, 1.807) is 0 Å². The molecule has 2 nitrogen and oxygen atoms in total. The highest BCUT2D eigenvalue weighted by molar-refractivity contribution is 5.44. The highest BCUT2D eigenvalue weighted by Gasteiger charge is 2.23. The van der Waals surface area contributed by atoms with Crippen molar-refractivity contribution >= 4 is 0 Å². The van der Waals surface area contributed by atoms with Crippen LogP contribution in [0.25, 0.3) is 0 Å². The van der Waals surface area contributed by atoms with E-state index >= 15 is 0 Å². The Labute approximate surface area is 89.5 Å². The molecule has 2 heteroatoms. The number of hydrogen-bond donors (Lipinski definition) is 0. The zero-order valence-corrected chi connectivity index (χ0v) is 8.61. The molecule has 2 aliphatic rings. The van der Waals surface area contributed by atoms with Crippen molar-refractivity contribution in [2.24, 2.45) is 0 Å². The van der Waals surface area contributed by atoms with Crippen LogP contribution in [-0.2, 0) is 17.6 Å². The first kappa shape index (κ1) is 8.98. The Kier molecular flexibility index (Phi) is 2.22. The summed E-state index contributed by atoms with van der Waals surface area (Å²) in [5.41, 5.74) is 2.74. The van der Waals surface area contributed by atoms with Gasteiger partial charge in [0, 0.05) is 5.56 Å². The molecule has 0 spiro atoms. The molecule has 1 saturated heterocycles. The highest BCUT2D eigenvalue weighted by atomic mass is 16.6. The van der Waals surface area contributed by atoms with Crippen molar-refractivity contribution in [3.05, 3.63) is 41.5 Å². The zero-order chi connectivity index (χ0) is 10.1. The van der Waals surface area contributed by atoms with E-state index in [0.29, 0.717) is 12.7 Å². The van der Waals surface area contributed by atoms with Crippen LogP contribution in [0.1, 0.15) is 11.1 Å². The number of rotatable bonds is 3. The maximum Gasteiger partial charge on any atom is 0.123 e. The average molecular weight is 202 g/mol. The third-order valence-electron chi connectivity index (χ3n) is 2.88. The van der Waals surface area contributed by atoms with E-state index in [4.69, 9.17) is 9.47 Å². The Hall–Kier alpha value is -1.28. The molecule has 1 aromatic rings. The van der Waals surface area contributed by atoms with Crippen molar-refractivity contribution in [3.63, 3.8) is 0 Å². The van der Waals surface area contributed by atoms with Gasteiger partial charge in [0.25, 0.3) is 0 Å². The number of fused-ring (bicyclic) bond motifs is 1. The van der Waals surface area contributed by atoms with E-state index in [0.717, 1.165) is 25.2 Å². The van der Waals surface area contributed by atoms with E-state index in [-0.39, 0.29) is 0 Å². The summed E-state index contributed by atoms with van der Waals surface area (Å²) in [7, 11) is 0. The largest absolute Gasteiger partial charge is 0.490 e. The van der Waals surface area contributed by atoms with E-state index in [1.165, 1.54) is 11.1 Å². The fraction of sp³-hybridized carbons (Fsp3) is 0.385. The fourth-order valence-electron chi connectivity index (χ4n) is 1.93. The average Bonchev–Trinajstić information content (AvgIpc) is 3.10. The summed E-state index contributed by atoms with van der Waals surface area (Å²) >= 11 is 0.